The zero-order valence-corrected chi connectivity index (χ0v) is 46.1. The van der Waals surface area contributed by atoms with Gasteiger partial charge in [-0.25, -0.2) is 4.39 Å². The number of rotatable bonds is 33. The van der Waals surface area contributed by atoms with Gasteiger partial charge in [-0.3, -0.25) is 0 Å². The third kappa shape index (κ3) is 33.2. The lowest BCUT2D eigenvalue weighted by Crippen LogP contribution is -2.41. The second-order valence-electron chi connectivity index (χ2n) is 22.4. The molecule has 0 aromatic rings. The van der Waals surface area contributed by atoms with Crippen LogP contribution >= 0.6 is 22.6 Å². The van der Waals surface area contributed by atoms with Crippen molar-refractivity contribution in [3.8, 4) is 0 Å². The third-order valence-electron chi connectivity index (χ3n) is 16.6. The van der Waals surface area contributed by atoms with Crippen molar-refractivity contribution in [1.29, 1.82) is 0 Å². The molecule has 1 aliphatic carbocycles. The van der Waals surface area contributed by atoms with Crippen molar-refractivity contribution in [1.82, 2.24) is 0 Å². The quantitative estimate of drug-likeness (QED) is 0.0349. The summed E-state index contributed by atoms with van der Waals surface area (Å²) in [4.78, 5) is 0. The predicted molar refractivity (Wildman–Crippen MR) is 290 cm³/mol. The standard InChI is InChI=1S/C60H118FI/c1-7-10-12-13-14-19-26-31-39-50-58(51-40-32-27-22-24-29-36-46-56(42-9-3)47-41-45-55(5)61)60(6,52-11-8-2)59(53-62)57-48-37-30-25-21-18-16-15-17-20-23-28-34-43-54(4)44-35-33-38-49-57/h54-59H,7-53H2,1-6H3. The van der Waals surface area contributed by atoms with E-state index in [1.807, 2.05) is 0 Å². The Morgan fingerprint density at radius 3 is 1.27 bits per heavy atom. The molecular formula is C60H118FI. The van der Waals surface area contributed by atoms with E-state index in [2.05, 4.69) is 57.2 Å². The Bertz CT molecular complexity index is 886. The van der Waals surface area contributed by atoms with Crippen molar-refractivity contribution in [2.75, 3.05) is 4.43 Å². The molecule has 0 heterocycles. The van der Waals surface area contributed by atoms with Gasteiger partial charge in [0.15, 0.2) is 0 Å². The van der Waals surface area contributed by atoms with Gasteiger partial charge < -0.3 is 0 Å². The van der Waals surface area contributed by atoms with E-state index in [0.717, 1.165) is 42.4 Å². The van der Waals surface area contributed by atoms with Gasteiger partial charge in [-0.2, -0.15) is 0 Å². The van der Waals surface area contributed by atoms with Gasteiger partial charge in [-0.05, 0) is 67.6 Å². The zero-order chi connectivity index (χ0) is 45.2. The van der Waals surface area contributed by atoms with Gasteiger partial charge in [-0.15, -0.1) is 0 Å². The van der Waals surface area contributed by atoms with Gasteiger partial charge in [-0.1, -0.05) is 327 Å². The Labute approximate surface area is 407 Å². The summed E-state index contributed by atoms with van der Waals surface area (Å²) < 4.78 is 14.8. The van der Waals surface area contributed by atoms with Crippen molar-refractivity contribution >= 4 is 22.6 Å². The monoisotopic (exact) mass is 985 g/mol. The van der Waals surface area contributed by atoms with E-state index in [1.165, 1.54) is 287 Å². The highest BCUT2D eigenvalue weighted by molar-refractivity contribution is 14.1. The highest BCUT2D eigenvalue weighted by atomic mass is 127. The van der Waals surface area contributed by atoms with Gasteiger partial charge in [0.1, 0.15) is 0 Å². The Balaban J connectivity index is 3.00. The van der Waals surface area contributed by atoms with Crippen LogP contribution in [0.15, 0.2) is 0 Å². The SMILES string of the molecule is CCCCCCCCCCCC(CCCCCCCCCC(CCC)CCCC(C)F)C(C)(CCCC)C(CI)C1CCCCCCCCCCCCCCC(C)CCCCC1. The first-order valence-corrected chi connectivity index (χ1v) is 31.0. The summed E-state index contributed by atoms with van der Waals surface area (Å²) >= 11 is 2.90. The summed E-state index contributed by atoms with van der Waals surface area (Å²) in [5, 5.41) is 0. The molecule has 0 aromatic carbocycles. The summed E-state index contributed by atoms with van der Waals surface area (Å²) in [5.41, 5.74) is 0.486. The Morgan fingerprint density at radius 1 is 0.452 bits per heavy atom. The maximum absolute atomic E-state index is 13.4. The van der Waals surface area contributed by atoms with E-state index in [-0.39, 0.29) is 0 Å². The molecule has 1 saturated carbocycles. The van der Waals surface area contributed by atoms with Gasteiger partial charge >= 0.3 is 0 Å². The molecule has 0 radical (unpaired) electrons. The molecule has 0 aromatic heterocycles. The second-order valence-corrected chi connectivity index (χ2v) is 23.3. The molecular weight excluding hydrogens is 867 g/mol. The lowest BCUT2D eigenvalue weighted by Gasteiger charge is -2.48. The molecule has 1 rings (SSSR count). The van der Waals surface area contributed by atoms with Crippen LogP contribution in [0.2, 0.25) is 0 Å². The summed E-state index contributed by atoms with van der Waals surface area (Å²) in [6.07, 6.45) is 64.9. The Hall–Kier alpha value is 0.660. The topological polar surface area (TPSA) is 0 Å². The average Bonchev–Trinajstić information content (AvgIpc) is 3.25. The van der Waals surface area contributed by atoms with Crippen LogP contribution in [0, 0.1) is 35.0 Å². The molecule has 1 aliphatic rings. The molecule has 2 heteroatoms. The van der Waals surface area contributed by atoms with Crippen molar-refractivity contribution < 1.29 is 4.39 Å². The minimum atomic E-state index is -0.628. The fraction of sp³-hybridized carbons (Fsp3) is 1.00. The summed E-state index contributed by atoms with van der Waals surface area (Å²) in [7, 11) is 0. The van der Waals surface area contributed by atoms with E-state index in [0.29, 0.717) is 5.41 Å². The number of halogens is 2. The molecule has 1 fully saturated rings. The van der Waals surface area contributed by atoms with Gasteiger partial charge in [0.25, 0.3) is 0 Å². The normalized spacial score (nSPS) is 21.7. The largest absolute Gasteiger partial charge is 0.248 e. The van der Waals surface area contributed by atoms with E-state index in [4.69, 9.17) is 0 Å². The molecule has 0 nitrogen and oxygen atoms in total. The summed E-state index contributed by atoms with van der Waals surface area (Å²) in [6.45, 7) is 14.3. The number of unbranched alkanes of at least 4 members (excludes halogenated alkanes) is 15. The molecule has 0 amide bonds. The van der Waals surface area contributed by atoms with Crippen LogP contribution in [0.25, 0.3) is 0 Å². The van der Waals surface area contributed by atoms with Gasteiger partial charge in [0.2, 0.25) is 0 Å². The minimum absolute atomic E-state index is 0.486. The maximum atomic E-state index is 13.4. The average molecular weight is 986 g/mol. The van der Waals surface area contributed by atoms with Gasteiger partial charge in [0.05, 0.1) is 6.17 Å². The highest BCUT2D eigenvalue weighted by Gasteiger charge is 2.42. The van der Waals surface area contributed by atoms with Crippen LogP contribution < -0.4 is 0 Å². The molecule has 372 valence electrons. The van der Waals surface area contributed by atoms with Crippen LogP contribution in [0.5, 0.6) is 0 Å². The van der Waals surface area contributed by atoms with Gasteiger partial charge in [0, 0.05) is 4.43 Å². The molecule has 0 saturated heterocycles. The fourth-order valence-electron chi connectivity index (χ4n) is 12.3. The lowest BCUT2D eigenvalue weighted by atomic mass is 9.58. The molecule has 0 aliphatic heterocycles. The number of hydrogen-bond acceptors (Lipinski definition) is 0. The lowest BCUT2D eigenvalue weighted by molar-refractivity contribution is 0.0319. The molecule has 62 heavy (non-hydrogen) atoms. The minimum Gasteiger partial charge on any atom is -0.248 e. The van der Waals surface area contributed by atoms with E-state index in [1.54, 1.807) is 6.92 Å². The number of alkyl halides is 2. The Morgan fingerprint density at radius 2 is 0.839 bits per heavy atom. The predicted octanol–water partition coefficient (Wildman–Crippen LogP) is 22.9. The van der Waals surface area contributed by atoms with Crippen molar-refractivity contribution in [3.63, 3.8) is 0 Å². The molecule has 0 bridgehead atoms. The Kier molecular flexibility index (Phi) is 43.2. The fourth-order valence-corrected chi connectivity index (χ4v) is 14.0. The van der Waals surface area contributed by atoms with Crippen LogP contribution in [0.4, 0.5) is 4.39 Å². The first-order chi connectivity index (χ1) is 30.3. The zero-order valence-electron chi connectivity index (χ0n) is 44.0. The summed E-state index contributed by atoms with van der Waals surface area (Å²) in [6, 6.07) is 0. The number of hydrogen-bond donors (Lipinski definition) is 0. The molecule has 7 unspecified atom stereocenters. The maximum Gasteiger partial charge on any atom is 0.0973 e. The van der Waals surface area contributed by atoms with Crippen LogP contribution in [-0.4, -0.2) is 10.6 Å². The van der Waals surface area contributed by atoms with Crippen molar-refractivity contribution in [2.24, 2.45) is 35.0 Å². The second kappa shape index (κ2) is 44.2. The summed E-state index contributed by atoms with van der Waals surface area (Å²) in [5.74, 6) is 4.48. The van der Waals surface area contributed by atoms with Crippen molar-refractivity contribution in [2.45, 2.75) is 343 Å². The molecule has 0 spiro atoms. The molecule has 7 atom stereocenters. The van der Waals surface area contributed by atoms with E-state index < -0.39 is 6.17 Å². The first kappa shape index (κ1) is 60.7. The first-order valence-electron chi connectivity index (χ1n) is 29.5. The smallest absolute Gasteiger partial charge is 0.0973 e. The molecule has 0 N–H and O–H groups in total. The third-order valence-corrected chi connectivity index (χ3v) is 17.6. The van der Waals surface area contributed by atoms with Crippen LogP contribution in [0.3, 0.4) is 0 Å². The highest BCUT2D eigenvalue weighted by Crippen LogP contribution is 2.51. The van der Waals surface area contributed by atoms with E-state index >= 15 is 0 Å². The van der Waals surface area contributed by atoms with Crippen LogP contribution in [-0.2, 0) is 0 Å². The van der Waals surface area contributed by atoms with E-state index in [9.17, 15) is 4.39 Å². The van der Waals surface area contributed by atoms with Crippen molar-refractivity contribution in [3.05, 3.63) is 0 Å². The van der Waals surface area contributed by atoms with Crippen LogP contribution in [0.1, 0.15) is 337 Å².